The molecule has 0 spiro atoms. The van der Waals surface area contributed by atoms with Crippen LogP contribution in [0.15, 0.2) is 24.3 Å². The smallest absolute Gasteiger partial charge is 0.315 e. The van der Waals surface area contributed by atoms with E-state index in [4.69, 9.17) is 9.47 Å². The summed E-state index contributed by atoms with van der Waals surface area (Å²) in [5.41, 5.74) is 0. The van der Waals surface area contributed by atoms with Crippen LogP contribution in [0.4, 0.5) is 4.79 Å². The molecular formula is C18H24N2O3. The molecule has 1 fully saturated rings. The highest BCUT2D eigenvalue weighted by atomic mass is 16.5. The second-order valence-corrected chi connectivity index (χ2v) is 5.46. The fourth-order valence-corrected chi connectivity index (χ4v) is 2.57. The van der Waals surface area contributed by atoms with E-state index in [1.165, 1.54) is 19.3 Å². The van der Waals surface area contributed by atoms with Crippen LogP contribution in [0, 0.1) is 11.8 Å². The van der Waals surface area contributed by atoms with Gasteiger partial charge in [0, 0.05) is 6.04 Å². The Hall–Kier alpha value is -2.35. The van der Waals surface area contributed by atoms with Gasteiger partial charge in [0.25, 0.3) is 0 Å². The number of hydrogen-bond donors (Lipinski definition) is 2. The molecule has 1 aromatic carbocycles. The van der Waals surface area contributed by atoms with E-state index in [0.717, 1.165) is 12.8 Å². The first-order valence-corrected chi connectivity index (χ1v) is 8.05. The van der Waals surface area contributed by atoms with Crippen molar-refractivity contribution in [3.05, 3.63) is 24.3 Å². The zero-order chi connectivity index (χ0) is 16.3. The van der Waals surface area contributed by atoms with Crippen molar-refractivity contribution in [2.24, 2.45) is 0 Å². The molecule has 0 unspecified atom stereocenters. The third kappa shape index (κ3) is 6.11. The van der Waals surface area contributed by atoms with Gasteiger partial charge in [-0.1, -0.05) is 43.2 Å². The molecule has 2 N–H and O–H groups in total. The summed E-state index contributed by atoms with van der Waals surface area (Å²) in [5.74, 6) is 7.09. The third-order valence-corrected chi connectivity index (χ3v) is 3.77. The minimum atomic E-state index is -0.142. The van der Waals surface area contributed by atoms with E-state index in [1.54, 1.807) is 7.11 Å². The Balaban J connectivity index is 1.63. The molecule has 1 aliphatic carbocycles. The van der Waals surface area contributed by atoms with Crippen LogP contribution in [0.1, 0.15) is 32.1 Å². The summed E-state index contributed by atoms with van der Waals surface area (Å²) in [6.07, 6.45) is 5.82. The molecule has 124 valence electrons. The van der Waals surface area contributed by atoms with Crippen LogP contribution in [0.3, 0.4) is 0 Å². The highest BCUT2D eigenvalue weighted by Gasteiger charge is 2.14. The summed E-state index contributed by atoms with van der Waals surface area (Å²) in [4.78, 5) is 11.7. The summed E-state index contributed by atoms with van der Waals surface area (Å²) in [7, 11) is 1.60. The Bertz CT molecular complexity index is 557. The highest BCUT2D eigenvalue weighted by Crippen LogP contribution is 2.25. The van der Waals surface area contributed by atoms with Crippen LogP contribution in [0.5, 0.6) is 11.5 Å². The van der Waals surface area contributed by atoms with Crippen LogP contribution in [-0.2, 0) is 0 Å². The van der Waals surface area contributed by atoms with Crippen LogP contribution >= 0.6 is 0 Å². The second-order valence-electron chi connectivity index (χ2n) is 5.46. The number of para-hydroxylation sites is 2. The van der Waals surface area contributed by atoms with Gasteiger partial charge in [-0.15, -0.1) is 0 Å². The van der Waals surface area contributed by atoms with Gasteiger partial charge in [-0.3, -0.25) is 0 Å². The number of benzene rings is 1. The number of rotatable bonds is 5. The quantitative estimate of drug-likeness (QED) is 0.821. The first kappa shape index (κ1) is 17.0. The molecule has 1 saturated carbocycles. The van der Waals surface area contributed by atoms with Crippen molar-refractivity contribution in [1.82, 2.24) is 10.6 Å². The maximum absolute atomic E-state index is 11.7. The molecule has 2 rings (SSSR count). The van der Waals surface area contributed by atoms with Crippen molar-refractivity contribution in [2.45, 2.75) is 38.1 Å². The lowest BCUT2D eigenvalue weighted by Gasteiger charge is -2.22. The van der Waals surface area contributed by atoms with E-state index in [9.17, 15) is 4.79 Å². The number of carbonyl (C=O) groups excluding carboxylic acids is 1. The number of nitrogens with one attached hydrogen (secondary N) is 2. The van der Waals surface area contributed by atoms with Gasteiger partial charge >= 0.3 is 6.03 Å². The zero-order valence-corrected chi connectivity index (χ0v) is 13.6. The average Bonchev–Trinajstić information content (AvgIpc) is 2.59. The topological polar surface area (TPSA) is 59.6 Å². The van der Waals surface area contributed by atoms with Crippen LogP contribution in [-0.4, -0.2) is 32.3 Å². The molecule has 5 heteroatoms. The summed E-state index contributed by atoms with van der Waals surface area (Å²) in [5, 5.41) is 5.73. The van der Waals surface area contributed by atoms with E-state index in [1.807, 2.05) is 24.3 Å². The van der Waals surface area contributed by atoms with E-state index >= 15 is 0 Å². The Morgan fingerprint density at radius 3 is 2.65 bits per heavy atom. The molecule has 0 saturated heterocycles. The van der Waals surface area contributed by atoms with Crippen molar-refractivity contribution in [3.8, 4) is 23.3 Å². The predicted octanol–water partition coefficient (Wildman–Crippen LogP) is 2.71. The zero-order valence-electron chi connectivity index (χ0n) is 13.6. The fourth-order valence-electron chi connectivity index (χ4n) is 2.57. The fraction of sp³-hybridized carbons (Fsp3) is 0.500. The maximum Gasteiger partial charge on any atom is 0.315 e. The lowest BCUT2D eigenvalue weighted by molar-refractivity contribution is 0.234. The molecule has 1 aromatic rings. The van der Waals surface area contributed by atoms with Crippen LogP contribution in [0.25, 0.3) is 0 Å². The number of methoxy groups -OCH3 is 1. The molecule has 23 heavy (non-hydrogen) atoms. The predicted molar refractivity (Wildman–Crippen MR) is 89.7 cm³/mol. The van der Waals surface area contributed by atoms with Crippen LogP contribution in [0.2, 0.25) is 0 Å². The Morgan fingerprint density at radius 2 is 1.91 bits per heavy atom. The van der Waals surface area contributed by atoms with E-state index in [2.05, 4.69) is 22.5 Å². The molecule has 0 bridgehead atoms. The normalized spacial score (nSPS) is 14.3. The summed E-state index contributed by atoms with van der Waals surface area (Å²) in [6.45, 7) is 0.570. The van der Waals surface area contributed by atoms with Crippen LogP contribution < -0.4 is 20.1 Å². The van der Waals surface area contributed by atoms with Gasteiger partial charge in [-0.05, 0) is 25.0 Å². The Kier molecular flexibility index (Phi) is 7.12. The lowest BCUT2D eigenvalue weighted by Crippen LogP contribution is -2.42. The van der Waals surface area contributed by atoms with Gasteiger partial charge in [0.05, 0.1) is 13.7 Å². The number of hydrogen-bond acceptors (Lipinski definition) is 3. The molecule has 0 aromatic heterocycles. The van der Waals surface area contributed by atoms with Crippen molar-refractivity contribution in [1.29, 1.82) is 0 Å². The minimum absolute atomic E-state index is 0.142. The first-order valence-electron chi connectivity index (χ1n) is 8.05. The monoisotopic (exact) mass is 316 g/mol. The average molecular weight is 316 g/mol. The number of urea groups is 1. The van der Waals surface area contributed by atoms with Gasteiger partial charge in [0.2, 0.25) is 0 Å². The van der Waals surface area contributed by atoms with Crippen molar-refractivity contribution in [3.63, 3.8) is 0 Å². The van der Waals surface area contributed by atoms with Gasteiger partial charge < -0.3 is 20.1 Å². The lowest BCUT2D eigenvalue weighted by atomic mass is 9.96. The molecule has 5 nitrogen and oxygen atoms in total. The molecular weight excluding hydrogens is 292 g/mol. The highest BCUT2D eigenvalue weighted by molar-refractivity contribution is 5.74. The largest absolute Gasteiger partial charge is 0.493 e. The SMILES string of the molecule is COc1ccccc1OCC#CCNC(=O)NC1CCCCC1. The third-order valence-electron chi connectivity index (χ3n) is 3.77. The molecule has 2 amide bonds. The van der Waals surface area contributed by atoms with E-state index < -0.39 is 0 Å². The Labute approximate surface area is 137 Å². The van der Waals surface area contributed by atoms with Crippen molar-refractivity contribution >= 4 is 6.03 Å². The Morgan fingerprint density at radius 1 is 1.17 bits per heavy atom. The van der Waals surface area contributed by atoms with Crippen molar-refractivity contribution in [2.75, 3.05) is 20.3 Å². The summed E-state index contributed by atoms with van der Waals surface area (Å²) >= 11 is 0. The van der Waals surface area contributed by atoms with Gasteiger partial charge in [-0.25, -0.2) is 4.79 Å². The van der Waals surface area contributed by atoms with Gasteiger partial charge in [0.1, 0.15) is 6.61 Å². The van der Waals surface area contributed by atoms with E-state index in [-0.39, 0.29) is 12.6 Å². The van der Waals surface area contributed by atoms with Gasteiger partial charge in [-0.2, -0.15) is 0 Å². The second kappa shape index (κ2) is 9.62. The molecule has 0 radical (unpaired) electrons. The minimum Gasteiger partial charge on any atom is -0.493 e. The number of carbonyl (C=O) groups is 1. The van der Waals surface area contributed by atoms with Gasteiger partial charge in [0.15, 0.2) is 11.5 Å². The molecule has 0 heterocycles. The summed E-state index contributed by atoms with van der Waals surface area (Å²) in [6, 6.07) is 7.59. The number of ether oxygens (including phenoxy) is 2. The summed E-state index contributed by atoms with van der Waals surface area (Å²) < 4.78 is 10.7. The maximum atomic E-state index is 11.7. The molecule has 0 atom stereocenters. The van der Waals surface area contributed by atoms with Crippen molar-refractivity contribution < 1.29 is 14.3 Å². The standard InChI is InChI=1S/C18H24N2O3/c1-22-16-11-5-6-12-17(16)23-14-8-7-13-19-18(21)20-15-9-3-2-4-10-15/h5-6,11-12,15H,2-4,9-10,13-14H2,1H3,(H2,19,20,21). The molecule has 0 aliphatic heterocycles. The van der Waals surface area contributed by atoms with E-state index in [0.29, 0.717) is 24.1 Å². The number of amides is 2. The first-order chi connectivity index (χ1) is 11.3. The molecule has 1 aliphatic rings.